The quantitative estimate of drug-likeness (QED) is 0.619. The van der Waals surface area contributed by atoms with Crippen molar-refractivity contribution in [2.24, 2.45) is 0 Å². The van der Waals surface area contributed by atoms with Gasteiger partial charge in [-0.25, -0.2) is 0 Å². The summed E-state index contributed by atoms with van der Waals surface area (Å²) in [7, 11) is 1.59. The highest BCUT2D eigenvalue weighted by atomic mass is 16.6. The van der Waals surface area contributed by atoms with Crippen LogP contribution >= 0.6 is 0 Å². The molecule has 1 heterocycles. The maximum absolute atomic E-state index is 11.2. The average Bonchev–Trinajstić information content (AvgIpc) is 2.46. The van der Waals surface area contributed by atoms with E-state index in [1.54, 1.807) is 13.2 Å². The van der Waals surface area contributed by atoms with E-state index in [1.807, 2.05) is 17.9 Å². The fourth-order valence-electron chi connectivity index (χ4n) is 2.52. The number of morpholine rings is 1. The number of methoxy groups -OCH3 is 1. The first kappa shape index (κ1) is 15.2. The molecule has 1 aliphatic heterocycles. The predicted molar refractivity (Wildman–Crippen MR) is 76.2 cm³/mol. The van der Waals surface area contributed by atoms with Gasteiger partial charge in [0, 0.05) is 26.3 Å². The van der Waals surface area contributed by atoms with Crippen molar-refractivity contribution < 1.29 is 14.4 Å². The van der Waals surface area contributed by atoms with E-state index >= 15 is 0 Å². The highest BCUT2D eigenvalue weighted by Gasteiger charge is 2.29. The van der Waals surface area contributed by atoms with E-state index in [2.05, 4.69) is 0 Å². The SMILES string of the molecule is COCC1CN(c2cc(C#N)ccc2[N+](=O)[O-])CC(C)O1. The van der Waals surface area contributed by atoms with Gasteiger partial charge in [-0.15, -0.1) is 0 Å². The molecule has 2 rings (SSSR count). The molecule has 2 atom stereocenters. The number of nitro benzene ring substituents is 1. The van der Waals surface area contributed by atoms with Crippen molar-refractivity contribution in [1.29, 1.82) is 5.26 Å². The molecule has 1 saturated heterocycles. The van der Waals surface area contributed by atoms with Crippen molar-refractivity contribution >= 4 is 11.4 Å². The first-order chi connectivity index (χ1) is 10.0. The zero-order valence-electron chi connectivity index (χ0n) is 12.0. The molecule has 0 spiro atoms. The second-order valence-corrected chi connectivity index (χ2v) is 5.00. The Morgan fingerprint density at radius 2 is 2.33 bits per heavy atom. The second kappa shape index (κ2) is 6.52. The number of nitro groups is 1. The first-order valence-electron chi connectivity index (χ1n) is 6.63. The van der Waals surface area contributed by atoms with Crippen molar-refractivity contribution in [1.82, 2.24) is 0 Å². The summed E-state index contributed by atoms with van der Waals surface area (Å²) < 4.78 is 10.8. The summed E-state index contributed by atoms with van der Waals surface area (Å²) in [5, 5.41) is 20.2. The first-order valence-corrected chi connectivity index (χ1v) is 6.63. The summed E-state index contributed by atoms with van der Waals surface area (Å²) in [5.74, 6) is 0. The van der Waals surface area contributed by atoms with Crippen LogP contribution in [0.5, 0.6) is 0 Å². The minimum Gasteiger partial charge on any atom is -0.382 e. The molecule has 7 heteroatoms. The molecule has 1 fully saturated rings. The lowest BCUT2D eigenvalue weighted by Gasteiger charge is -2.37. The van der Waals surface area contributed by atoms with Gasteiger partial charge in [0.05, 0.1) is 35.4 Å². The lowest BCUT2D eigenvalue weighted by molar-refractivity contribution is -0.384. The summed E-state index contributed by atoms with van der Waals surface area (Å²) in [6, 6.07) is 6.40. The molecule has 0 bridgehead atoms. The van der Waals surface area contributed by atoms with E-state index in [9.17, 15) is 10.1 Å². The van der Waals surface area contributed by atoms with E-state index < -0.39 is 4.92 Å². The molecule has 21 heavy (non-hydrogen) atoms. The number of ether oxygens (including phenoxy) is 2. The molecule has 0 aromatic heterocycles. The van der Waals surface area contributed by atoms with Gasteiger partial charge in [-0.2, -0.15) is 5.26 Å². The molecular weight excluding hydrogens is 274 g/mol. The van der Waals surface area contributed by atoms with Crippen molar-refractivity contribution in [3.8, 4) is 6.07 Å². The van der Waals surface area contributed by atoms with Crippen molar-refractivity contribution in [3.05, 3.63) is 33.9 Å². The Bertz CT molecular complexity index is 570. The van der Waals surface area contributed by atoms with Crippen LogP contribution in [0.2, 0.25) is 0 Å². The zero-order chi connectivity index (χ0) is 15.4. The fraction of sp³-hybridized carbons (Fsp3) is 0.500. The summed E-state index contributed by atoms with van der Waals surface area (Å²) in [4.78, 5) is 12.6. The number of rotatable bonds is 4. The van der Waals surface area contributed by atoms with Crippen LogP contribution < -0.4 is 4.90 Å². The van der Waals surface area contributed by atoms with Crippen LogP contribution in [0.4, 0.5) is 11.4 Å². The summed E-state index contributed by atoms with van der Waals surface area (Å²) in [5.41, 5.74) is 0.854. The molecule has 112 valence electrons. The molecule has 0 saturated carbocycles. The molecule has 1 aromatic carbocycles. The molecule has 1 aromatic rings. The molecule has 7 nitrogen and oxygen atoms in total. The summed E-state index contributed by atoms with van der Waals surface area (Å²) >= 11 is 0. The molecule has 0 radical (unpaired) electrons. The molecule has 0 amide bonds. The number of hydrogen-bond donors (Lipinski definition) is 0. The Morgan fingerprint density at radius 1 is 1.57 bits per heavy atom. The van der Waals surface area contributed by atoms with Crippen LogP contribution in [0, 0.1) is 21.4 Å². The normalized spacial score (nSPS) is 21.9. The number of hydrogen-bond acceptors (Lipinski definition) is 6. The number of nitriles is 1. The van der Waals surface area contributed by atoms with E-state index in [4.69, 9.17) is 14.7 Å². The van der Waals surface area contributed by atoms with Crippen molar-refractivity contribution in [2.45, 2.75) is 19.1 Å². The predicted octanol–water partition coefficient (Wildman–Crippen LogP) is 1.71. The maximum atomic E-state index is 11.2. The molecule has 0 N–H and O–H groups in total. The smallest absolute Gasteiger partial charge is 0.292 e. The lowest BCUT2D eigenvalue weighted by Crippen LogP contribution is -2.48. The van der Waals surface area contributed by atoms with Crippen LogP contribution in [-0.4, -0.2) is 43.9 Å². The van der Waals surface area contributed by atoms with Gasteiger partial charge < -0.3 is 14.4 Å². The molecule has 2 unspecified atom stereocenters. The lowest BCUT2D eigenvalue weighted by atomic mass is 10.1. The van der Waals surface area contributed by atoms with E-state index in [0.717, 1.165) is 0 Å². The van der Waals surface area contributed by atoms with Crippen LogP contribution in [0.15, 0.2) is 18.2 Å². The van der Waals surface area contributed by atoms with Crippen LogP contribution in [-0.2, 0) is 9.47 Å². The van der Waals surface area contributed by atoms with Gasteiger partial charge in [0.25, 0.3) is 5.69 Å². The topological polar surface area (TPSA) is 88.6 Å². The fourth-order valence-corrected chi connectivity index (χ4v) is 2.52. The van der Waals surface area contributed by atoms with Gasteiger partial charge in [-0.3, -0.25) is 10.1 Å². The molecule has 0 aliphatic carbocycles. The number of benzene rings is 1. The highest BCUT2D eigenvalue weighted by Crippen LogP contribution is 2.31. The van der Waals surface area contributed by atoms with Crippen LogP contribution in [0.25, 0.3) is 0 Å². The average molecular weight is 291 g/mol. The van der Waals surface area contributed by atoms with Gasteiger partial charge in [0.15, 0.2) is 0 Å². The standard InChI is InChI=1S/C14H17N3O4/c1-10-7-16(8-12(21-10)9-20-2)14-5-11(6-15)3-4-13(14)17(18)19/h3-5,10,12H,7-9H2,1-2H3. The van der Waals surface area contributed by atoms with Gasteiger partial charge in [0.1, 0.15) is 5.69 Å². The van der Waals surface area contributed by atoms with Crippen LogP contribution in [0.3, 0.4) is 0 Å². The summed E-state index contributed by atoms with van der Waals surface area (Å²) in [6.45, 7) is 3.37. The number of nitrogens with zero attached hydrogens (tertiary/aromatic N) is 3. The molecule has 1 aliphatic rings. The van der Waals surface area contributed by atoms with Gasteiger partial charge in [0.2, 0.25) is 0 Å². The third kappa shape index (κ3) is 3.48. The second-order valence-electron chi connectivity index (χ2n) is 5.00. The highest BCUT2D eigenvalue weighted by molar-refractivity contribution is 5.66. The van der Waals surface area contributed by atoms with Gasteiger partial charge in [-0.1, -0.05) is 0 Å². The monoisotopic (exact) mass is 291 g/mol. The Labute approximate surface area is 122 Å². The Kier molecular flexibility index (Phi) is 4.73. The largest absolute Gasteiger partial charge is 0.382 e. The minimum atomic E-state index is -0.429. The Balaban J connectivity index is 2.34. The number of anilines is 1. The summed E-state index contributed by atoms with van der Waals surface area (Å²) in [6.07, 6.45) is -0.214. The molecular formula is C14H17N3O4. The maximum Gasteiger partial charge on any atom is 0.292 e. The third-order valence-electron chi connectivity index (χ3n) is 3.32. The van der Waals surface area contributed by atoms with Crippen molar-refractivity contribution in [2.75, 3.05) is 31.7 Å². The Hall–Kier alpha value is -2.17. The van der Waals surface area contributed by atoms with Crippen LogP contribution in [0.1, 0.15) is 12.5 Å². The third-order valence-corrected chi connectivity index (χ3v) is 3.32. The zero-order valence-corrected chi connectivity index (χ0v) is 12.0. The van der Waals surface area contributed by atoms with E-state index in [0.29, 0.717) is 30.9 Å². The Morgan fingerprint density at radius 3 is 2.95 bits per heavy atom. The van der Waals surface area contributed by atoms with Gasteiger partial charge in [-0.05, 0) is 19.1 Å². The van der Waals surface area contributed by atoms with E-state index in [1.165, 1.54) is 12.1 Å². The van der Waals surface area contributed by atoms with E-state index in [-0.39, 0.29) is 17.9 Å². The van der Waals surface area contributed by atoms with Gasteiger partial charge >= 0.3 is 0 Å². The minimum absolute atomic E-state index is 0.000679. The van der Waals surface area contributed by atoms with Crippen molar-refractivity contribution in [3.63, 3.8) is 0 Å².